The molecule has 0 aliphatic rings. The Bertz CT molecular complexity index is 646. The van der Waals surface area contributed by atoms with Crippen LogP contribution in [0, 0.1) is 6.92 Å². The van der Waals surface area contributed by atoms with Crippen molar-refractivity contribution in [2.24, 2.45) is 5.73 Å². The number of nitrogens with one attached hydrogen (secondary N) is 1. The van der Waals surface area contributed by atoms with Gasteiger partial charge in [-0.1, -0.05) is 13.3 Å². The molecule has 0 saturated heterocycles. The van der Waals surface area contributed by atoms with Gasteiger partial charge in [0.2, 0.25) is 11.8 Å². The SMILES string of the molecule is CCC[C@H](NC(=O)CCc1csc2nc(C)cn12)C(N)=O. The second-order valence-corrected chi connectivity index (χ2v) is 5.91. The number of hydrogen-bond donors (Lipinski definition) is 2. The van der Waals surface area contributed by atoms with Crippen LogP contribution in [0.5, 0.6) is 0 Å². The van der Waals surface area contributed by atoms with Crippen LogP contribution < -0.4 is 11.1 Å². The summed E-state index contributed by atoms with van der Waals surface area (Å²) in [6, 6.07) is -0.569. The molecule has 0 aliphatic carbocycles. The lowest BCUT2D eigenvalue weighted by Crippen LogP contribution is -2.44. The molecule has 2 amide bonds. The van der Waals surface area contributed by atoms with Gasteiger partial charge in [0.25, 0.3) is 0 Å². The van der Waals surface area contributed by atoms with Crippen molar-refractivity contribution in [1.29, 1.82) is 0 Å². The lowest BCUT2D eigenvalue weighted by Gasteiger charge is -2.14. The smallest absolute Gasteiger partial charge is 0.239 e. The van der Waals surface area contributed by atoms with Gasteiger partial charge >= 0.3 is 0 Å². The van der Waals surface area contributed by atoms with Crippen molar-refractivity contribution in [2.75, 3.05) is 0 Å². The first-order valence-corrected chi connectivity index (χ1v) is 7.90. The first-order valence-electron chi connectivity index (χ1n) is 7.02. The van der Waals surface area contributed by atoms with Gasteiger partial charge in [-0.15, -0.1) is 11.3 Å². The molecule has 2 aromatic heterocycles. The molecular formula is C14H20N4O2S. The van der Waals surface area contributed by atoms with E-state index in [1.54, 1.807) is 11.3 Å². The number of nitrogens with two attached hydrogens (primary N) is 1. The van der Waals surface area contributed by atoms with Crippen LogP contribution in [0.3, 0.4) is 0 Å². The van der Waals surface area contributed by atoms with E-state index in [2.05, 4.69) is 10.3 Å². The van der Waals surface area contributed by atoms with Gasteiger partial charge in [0.05, 0.1) is 5.69 Å². The Morgan fingerprint density at radius 1 is 1.52 bits per heavy atom. The van der Waals surface area contributed by atoms with Gasteiger partial charge in [-0.25, -0.2) is 4.98 Å². The Kier molecular flexibility index (Phi) is 4.95. The number of carbonyl (C=O) groups is 2. The maximum atomic E-state index is 11.9. The summed E-state index contributed by atoms with van der Waals surface area (Å²) in [5, 5.41) is 4.70. The second-order valence-electron chi connectivity index (χ2n) is 5.07. The van der Waals surface area contributed by atoms with Crippen molar-refractivity contribution in [2.45, 2.75) is 45.6 Å². The van der Waals surface area contributed by atoms with Gasteiger partial charge < -0.3 is 11.1 Å². The molecule has 0 saturated carbocycles. The van der Waals surface area contributed by atoms with Crippen LogP contribution in [0.1, 0.15) is 37.6 Å². The molecule has 0 fully saturated rings. The maximum Gasteiger partial charge on any atom is 0.239 e. The minimum Gasteiger partial charge on any atom is -0.368 e. The largest absolute Gasteiger partial charge is 0.368 e. The van der Waals surface area contributed by atoms with Crippen molar-refractivity contribution in [3.8, 4) is 0 Å². The number of nitrogens with zero attached hydrogens (tertiary/aromatic N) is 2. The highest BCUT2D eigenvalue weighted by molar-refractivity contribution is 7.15. The first kappa shape index (κ1) is 15.5. The van der Waals surface area contributed by atoms with E-state index in [9.17, 15) is 9.59 Å². The zero-order valence-electron chi connectivity index (χ0n) is 12.3. The molecule has 1 atom stereocenters. The molecule has 0 bridgehead atoms. The molecular weight excluding hydrogens is 288 g/mol. The summed E-state index contributed by atoms with van der Waals surface area (Å²) < 4.78 is 2.00. The molecule has 2 aromatic rings. The lowest BCUT2D eigenvalue weighted by atomic mass is 10.1. The van der Waals surface area contributed by atoms with Gasteiger partial charge in [0.1, 0.15) is 6.04 Å². The fourth-order valence-corrected chi connectivity index (χ4v) is 3.16. The fourth-order valence-electron chi connectivity index (χ4n) is 2.20. The zero-order chi connectivity index (χ0) is 15.4. The second kappa shape index (κ2) is 6.71. The summed E-state index contributed by atoms with van der Waals surface area (Å²) in [4.78, 5) is 28.5. The number of aromatic nitrogens is 2. The summed E-state index contributed by atoms with van der Waals surface area (Å²) in [6.45, 7) is 3.89. The molecule has 0 radical (unpaired) electrons. The summed E-state index contributed by atoms with van der Waals surface area (Å²) in [5.41, 5.74) is 7.29. The van der Waals surface area contributed by atoms with Crippen LogP contribution >= 0.6 is 11.3 Å². The van der Waals surface area contributed by atoms with Gasteiger partial charge in [0, 0.05) is 23.7 Å². The number of fused-ring (bicyclic) bond motifs is 1. The lowest BCUT2D eigenvalue weighted by molar-refractivity contribution is -0.127. The number of carbonyl (C=O) groups excluding carboxylic acids is 2. The molecule has 0 unspecified atom stereocenters. The van der Waals surface area contributed by atoms with E-state index in [-0.39, 0.29) is 5.91 Å². The molecule has 0 spiro atoms. The van der Waals surface area contributed by atoms with Crippen LogP contribution in [0.4, 0.5) is 0 Å². The van der Waals surface area contributed by atoms with E-state index in [0.717, 1.165) is 22.8 Å². The number of imidazole rings is 1. The Hall–Kier alpha value is -1.89. The minimum atomic E-state index is -0.569. The normalized spacial score (nSPS) is 12.5. The molecule has 7 heteroatoms. The molecule has 21 heavy (non-hydrogen) atoms. The topological polar surface area (TPSA) is 89.5 Å². The predicted molar refractivity (Wildman–Crippen MR) is 82.2 cm³/mol. The third kappa shape index (κ3) is 3.81. The van der Waals surface area contributed by atoms with E-state index in [4.69, 9.17) is 5.73 Å². The Balaban J connectivity index is 1.92. The van der Waals surface area contributed by atoms with Crippen LogP contribution in [-0.2, 0) is 16.0 Å². The van der Waals surface area contributed by atoms with Gasteiger partial charge in [0.15, 0.2) is 4.96 Å². The number of thiazole rings is 1. The highest BCUT2D eigenvalue weighted by Crippen LogP contribution is 2.17. The Morgan fingerprint density at radius 3 is 2.95 bits per heavy atom. The highest BCUT2D eigenvalue weighted by atomic mass is 32.1. The third-order valence-corrected chi connectivity index (χ3v) is 4.16. The maximum absolute atomic E-state index is 11.9. The van der Waals surface area contributed by atoms with Crippen molar-refractivity contribution in [3.05, 3.63) is 23.0 Å². The monoisotopic (exact) mass is 308 g/mol. The molecule has 114 valence electrons. The van der Waals surface area contributed by atoms with Crippen LogP contribution in [-0.4, -0.2) is 27.2 Å². The third-order valence-electron chi connectivity index (χ3n) is 3.27. The summed E-state index contributed by atoms with van der Waals surface area (Å²) in [5.74, 6) is -0.628. The predicted octanol–water partition coefficient (Wildman–Crippen LogP) is 1.41. The van der Waals surface area contributed by atoms with E-state index in [1.807, 2.05) is 29.8 Å². The van der Waals surface area contributed by atoms with E-state index < -0.39 is 11.9 Å². The van der Waals surface area contributed by atoms with E-state index in [0.29, 0.717) is 19.3 Å². The van der Waals surface area contributed by atoms with Crippen LogP contribution in [0.2, 0.25) is 0 Å². The molecule has 3 N–H and O–H groups in total. The Morgan fingerprint density at radius 2 is 2.29 bits per heavy atom. The summed E-state index contributed by atoms with van der Waals surface area (Å²) in [6.07, 6.45) is 4.27. The van der Waals surface area contributed by atoms with Crippen molar-refractivity contribution in [1.82, 2.24) is 14.7 Å². The highest BCUT2D eigenvalue weighted by Gasteiger charge is 2.17. The number of hydrogen-bond acceptors (Lipinski definition) is 4. The number of rotatable bonds is 7. The summed E-state index contributed by atoms with van der Waals surface area (Å²) >= 11 is 1.56. The molecule has 2 heterocycles. The van der Waals surface area contributed by atoms with Gasteiger partial charge in [-0.05, 0) is 19.8 Å². The van der Waals surface area contributed by atoms with Crippen LogP contribution in [0.15, 0.2) is 11.6 Å². The fraction of sp³-hybridized carbons (Fsp3) is 0.500. The average Bonchev–Trinajstić information content (AvgIpc) is 2.95. The van der Waals surface area contributed by atoms with Crippen LogP contribution in [0.25, 0.3) is 4.96 Å². The molecule has 6 nitrogen and oxygen atoms in total. The number of aryl methyl sites for hydroxylation is 2. The van der Waals surface area contributed by atoms with Crippen molar-refractivity contribution >= 4 is 28.1 Å². The summed E-state index contributed by atoms with van der Waals surface area (Å²) in [7, 11) is 0. The number of amides is 2. The Labute approximate surface area is 127 Å². The van der Waals surface area contributed by atoms with E-state index in [1.165, 1.54) is 0 Å². The van der Waals surface area contributed by atoms with Crippen molar-refractivity contribution in [3.63, 3.8) is 0 Å². The zero-order valence-corrected chi connectivity index (χ0v) is 13.1. The quantitative estimate of drug-likeness (QED) is 0.810. The standard InChI is InChI=1S/C14H20N4O2S/c1-3-4-11(13(15)20)17-12(19)6-5-10-8-21-14-16-9(2)7-18(10)14/h7-8,11H,3-6H2,1-2H3,(H2,15,20)(H,17,19)/t11-/m0/s1. The molecule has 0 aromatic carbocycles. The molecule has 0 aliphatic heterocycles. The minimum absolute atomic E-state index is 0.150. The first-order chi connectivity index (χ1) is 10.0. The van der Waals surface area contributed by atoms with Gasteiger partial charge in [-0.2, -0.15) is 0 Å². The number of primary amides is 1. The molecule has 2 rings (SSSR count). The van der Waals surface area contributed by atoms with Gasteiger partial charge in [-0.3, -0.25) is 14.0 Å². The average molecular weight is 308 g/mol. The van der Waals surface area contributed by atoms with E-state index >= 15 is 0 Å². The van der Waals surface area contributed by atoms with Crippen molar-refractivity contribution < 1.29 is 9.59 Å².